The molecule has 4 aromatic carbocycles. The van der Waals surface area contributed by atoms with Crippen LogP contribution in [0, 0.1) is 0 Å². The quantitative estimate of drug-likeness (QED) is 0.106. The number of nitrogens with zero attached hydrogens (tertiary/aromatic N) is 6. The molecule has 40 heavy (non-hydrogen) atoms. The lowest BCUT2D eigenvalue weighted by atomic mass is 9.94. The molecule has 0 heterocycles. The molecule has 10 heteroatoms. The lowest BCUT2D eigenvalue weighted by Gasteiger charge is -2.19. The first-order chi connectivity index (χ1) is 19.7. The summed E-state index contributed by atoms with van der Waals surface area (Å²) in [7, 11) is 0. The van der Waals surface area contributed by atoms with E-state index in [0.29, 0.717) is 35.8 Å². The third-order valence-corrected chi connectivity index (χ3v) is 6.32. The van der Waals surface area contributed by atoms with Crippen LogP contribution in [0.3, 0.4) is 0 Å². The zero-order chi connectivity index (χ0) is 28.2. The van der Waals surface area contributed by atoms with Crippen molar-refractivity contribution < 1.29 is 9.47 Å². The molecule has 0 bridgehead atoms. The third-order valence-electron chi connectivity index (χ3n) is 6.32. The van der Waals surface area contributed by atoms with Crippen molar-refractivity contribution in [3.8, 4) is 22.6 Å². The third kappa shape index (κ3) is 7.11. The molecule has 0 aliphatic rings. The molecule has 0 spiro atoms. The molecule has 0 aliphatic carbocycles. The summed E-state index contributed by atoms with van der Waals surface area (Å²) >= 11 is 0. The van der Waals surface area contributed by atoms with Crippen molar-refractivity contribution >= 4 is 0 Å². The first kappa shape index (κ1) is 28.0. The molecule has 0 radical (unpaired) electrons. The van der Waals surface area contributed by atoms with E-state index < -0.39 is 0 Å². The summed E-state index contributed by atoms with van der Waals surface area (Å²) in [5, 5.41) is 7.57. The van der Waals surface area contributed by atoms with Gasteiger partial charge in [-0.15, -0.1) is 0 Å². The Labute approximate surface area is 232 Å². The minimum Gasteiger partial charge on any atom is -0.488 e. The highest BCUT2D eigenvalue weighted by atomic mass is 16.5. The Kier molecular flexibility index (Phi) is 9.99. The molecule has 0 unspecified atom stereocenters. The van der Waals surface area contributed by atoms with Gasteiger partial charge in [0.25, 0.3) is 0 Å². The lowest BCUT2D eigenvalue weighted by Crippen LogP contribution is -2.09. The first-order valence-corrected chi connectivity index (χ1v) is 12.7. The fourth-order valence-electron chi connectivity index (χ4n) is 4.43. The number of ether oxygens (including phenoxy) is 2. The molecule has 4 aromatic rings. The van der Waals surface area contributed by atoms with Gasteiger partial charge in [0.2, 0.25) is 0 Å². The standard InChI is InChI=1S/C30H30N8O2/c31-15-25-11-23(12-26(16-32)29(25)39-19-21-7-3-1-4-8-21)24-13-27(17-35-37-33)30(28(14-24)18-36-38-34)40-20-22-9-5-2-6-10-22/h1-14H,15-20,31-32H2. The monoisotopic (exact) mass is 534 g/mol. The lowest BCUT2D eigenvalue weighted by molar-refractivity contribution is 0.299. The molecule has 4 N–H and O–H groups in total. The van der Waals surface area contributed by atoms with E-state index in [1.54, 1.807) is 0 Å². The highest BCUT2D eigenvalue weighted by Gasteiger charge is 2.17. The fourth-order valence-corrected chi connectivity index (χ4v) is 4.43. The second-order valence-corrected chi connectivity index (χ2v) is 8.98. The summed E-state index contributed by atoms with van der Waals surface area (Å²) in [5.74, 6) is 1.19. The summed E-state index contributed by atoms with van der Waals surface area (Å²) in [4.78, 5) is 5.87. The van der Waals surface area contributed by atoms with Crippen LogP contribution in [-0.2, 0) is 39.4 Å². The Balaban J connectivity index is 1.76. The van der Waals surface area contributed by atoms with Crippen LogP contribution in [-0.4, -0.2) is 0 Å². The van der Waals surface area contributed by atoms with Gasteiger partial charge in [-0.05, 0) is 57.6 Å². The van der Waals surface area contributed by atoms with E-state index in [1.165, 1.54) is 0 Å². The molecule has 0 aliphatic heterocycles. The fraction of sp³-hybridized carbons (Fsp3) is 0.200. The minimum atomic E-state index is 0.0590. The van der Waals surface area contributed by atoms with E-state index in [2.05, 4.69) is 20.1 Å². The molecular weight excluding hydrogens is 504 g/mol. The van der Waals surface area contributed by atoms with Crippen molar-refractivity contribution in [1.29, 1.82) is 0 Å². The van der Waals surface area contributed by atoms with E-state index >= 15 is 0 Å². The van der Waals surface area contributed by atoms with E-state index in [1.807, 2.05) is 84.9 Å². The summed E-state index contributed by atoms with van der Waals surface area (Å²) in [5.41, 5.74) is 37.0. The number of nitrogens with two attached hydrogens (primary N) is 2. The normalized spacial score (nSPS) is 10.3. The zero-order valence-corrected chi connectivity index (χ0v) is 22.0. The summed E-state index contributed by atoms with van der Waals surface area (Å²) in [6.45, 7) is 1.31. The topological polar surface area (TPSA) is 168 Å². The zero-order valence-electron chi connectivity index (χ0n) is 22.0. The molecule has 0 fully saturated rings. The summed E-state index contributed by atoms with van der Waals surface area (Å²) < 4.78 is 12.4. The van der Waals surface area contributed by atoms with Crippen LogP contribution in [0.2, 0.25) is 0 Å². The SMILES string of the molecule is [N-]=[N+]=NCc1cc(-c2cc(CN)c(OCc3ccccc3)c(CN)c2)cc(CN=[N+]=[N-])c1OCc1ccccc1. The highest BCUT2D eigenvalue weighted by molar-refractivity contribution is 5.71. The van der Waals surface area contributed by atoms with Crippen molar-refractivity contribution in [3.63, 3.8) is 0 Å². The number of benzene rings is 4. The van der Waals surface area contributed by atoms with Crippen molar-refractivity contribution in [2.45, 2.75) is 39.4 Å². The minimum absolute atomic E-state index is 0.0590. The largest absolute Gasteiger partial charge is 0.488 e. The number of rotatable bonds is 13. The van der Waals surface area contributed by atoms with Gasteiger partial charge in [-0.1, -0.05) is 70.9 Å². The van der Waals surface area contributed by atoms with Crippen molar-refractivity contribution in [2.24, 2.45) is 21.7 Å². The number of azide groups is 2. The van der Waals surface area contributed by atoms with E-state index in [-0.39, 0.29) is 26.2 Å². The van der Waals surface area contributed by atoms with Gasteiger partial charge in [-0.3, -0.25) is 0 Å². The molecule has 0 saturated heterocycles. The maximum absolute atomic E-state index is 9.03. The average Bonchev–Trinajstić information content (AvgIpc) is 3.01. The van der Waals surface area contributed by atoms with Crippen molar-refractivity contribution in [2.75, 3.05) is 0 Å². The summed E-state index contributed by atoms with van der Waals surface area (Å²) in [6, 6.07) is 27.3. The van der Waals surface area contributed by atoms with Gasteiger partial charge in [0.05, 0.1) is 13.1 Å². The van der Waals surface area contributed by atoms with Gasteiger partial charge >= 0.3 is 0 Å². The van der Waals surface area contributed by atoms with Crippen LogP contribution in [0.25, 0.3) is 32.0 Å². The Morgan fingerprint density at radius 1 is 0.575 bits per heavy atom. The molecule has 202 valence electrons. The van der Waals surface area contributed by atoms with Gasteiger partial charge in [0.1, 0.15) is 24.7 Å². The Hall–Kier alpha value is -4.98. The molecule has 0 saturated carbocycles. The maximum atomic E-state index is 9.03. The van der Waals surface area contributed by atoms with Crippen LogP contribution in [0.1, 0.15) is 33.4 Å². The smallest absolute Gasteiger partial charge is 0.128 e. The van der Waals surface area contributed by atoms with Crippen molar-refractivity contribution in [1.82, 2.24) is 0 Å². The average molecular weight is 535 g/mol. The number of hydrogen-bond acceptors (Lipinski definition) is 6. The van der Waals surface area contributed by atoms with Gasteiger partial charge in [0, 0.05) is 45.2 Å². The Bertz CT molecular complexity index is 1460. The van der Waals surface area contributed by atoms with Gasteiger partial charge in [-0.2, -0.15) is 0 Å². The van der Waals surface area contributed by atoms with E-state index in [9.17, 15) is 0 Å². The number of hydrogen-bond donors (Lipinski definition) is 2. The first-order valence-electron chi connectivity index (χ1n) is 12.7. The van der Waals surface area contributed by atoms with Gasteiger partial charge in [0.15, 0.2) is 0 Å². The van der Waals surface area contributed by atoms with E-state index in [4.69, 9.17) is 32.0 Å². The molecule has 0 atom stereocenters. The second kappa shape index (κ2) is 14.2. The predicted octanol–water partition coefficient (Wildman–Crippen LogP) is 7.05. The predicted molar refractivity (Wildman–Crippen MR) is 155 cm³/mol. The van der Waals surface area contributed by atoms with Crippen LogP contribution >= 0.6 is 0 Å². The molecular formula is C30H30N8O2. The maximum Gasteiger partial charge on any atom is 0.128 e. The van der Waals surface area contributed by atoms with Crippen LogP contribution in [0.5, 0.6) is 11.5 Å². The molecule has 4 rings (SSSR count). The highest BCUT2D eigenvalue weighted by Crippen LogP contribution is 2.36. The molecule has 10 nitrogen and oxygen atoms in total. The van der Waals surface area contributed by atoms with Crippen LogP contribution in [0.15, 0.2) is 95.2 Å². The molecule has 0 aromatic heterocycles. The summed E-state index contributed by atoms with van der Waals surface area (Å²) in [6.07, 6.45) is 0. The van der Waals surface area contributed by atoms with E-state index in [0.717, 1.165) is 33.4 Å². The Morgan fingerprint density at radius 3 is 1.32 bits per heavy atom. The van der Waals surface area contributed by atoms with Gasteiger partial charge in [-0.25, -0.2) is 0 Å². The van der Waals surface area contributed by atoms with Gasteiger partial charge < -0.3 is 20.9 Å². The van der Waals surface area contributed by atoms with Crippen molar-refractivity contribution in [3.05, 3.63) is 139 Å². The Morgan fingerprint density at radius 2 is 0.950 bits per heavy atom. The second-order valence-electron chi connectivity index (χ2n) is 8.98. The van der Waals surface area contributed by atoms with Crippen LogP contribution in [0.4, 0.5) is 0 Å². The van der Waals surface area contributed by atoms with Crippen LogP contribution < -0.4 is 20.9 Å². The molecule has 0 amide bonds.